The fourth-order valence-electron chi connectivity index (χ4n) is 6.35. The van der Waals surface area contributed by atoms with E-state index >= 15 is 0 Å². The van der Waals surface area contributed by atoms with E-state index < -0.39 is 58.8 Å². The Morgan fingerprint density at radius 3 is 2.16 bits per heavy atom. The number of hydrogen-bond donors (Lipinski definition) is 0. The van der Waals surface area contributed by atoms with Crippen LogP contribution in [0, 0.1) is 11.3 Å². The third-order valence-electron chi connectivity index (χ3n) is 8.65. The minimum atomic E-state index is -3.07. The van der Waals surface area contributed by atoms with Gasteiger partial charge < -0.3 is 22.4 Å². The smallest absolute Gasteiger partial charge is 0.340 e. The number of fused-ring (bicyclic) bond motifs is 1. The van der Waals surface area contributed by atoms with Crippen LogP contribution in [0.3, 0.4) is 0 Å². The van der Waals surface area contributed by atoms with Crippen molar-refractivity contribution >= 4 is 23.0 Å². The van der Waals surface area contributed by atoms with Crippen molar-refractivity contribution in [1.82, 2.24) is 9.13 Å². The normalized spacial score (nSPS) is 24.7. The highest BCUT2D eigenvalue weighted by atomic mass is 28.5. The van der Waals surface area contributed by atoms with Gasteiger partial charge in [0.15, 0.2) is 6.23 Å². The molecule has 2 aliphatic rings. The van der Waals surface area contributed by atoms with Crippen LogP contribution in [-0.4, -0.2) is 63.7 Å². The quantitative estimate of drug-likeness (QED) is 0.278. The maximum absolute atomic E-state index is 13.9. The minimum absolute atomic E-state index is 0.0427. The monoisotopic (exact) mass is 643 g/mol. The van der Waals surface area contributed by atoms with E-state index in [1.54, 1.807) is 30.3 Å². The lowest BCUT2D eigenvalue weighted by Gasteiger charge is -2.51. The number of carbonyl (C=O) groups excluding carboxylic acids is 1. The number of hydrogen-bond acceptors (Lipinski definition) is 9. The molecule has 0 amide bonds. The Hall–Kier alpha value is -2.71. The largest absolute Gasteiger partial charge is 0.414 e. The first kappa shape index (κ1) is 34.2. The highest BCUT2D eigenvalue weighted by Gasteiger charge is 2.62. The Morgan fingerprint density at radius 1 is 0.977 bits per heavy atom. The number of nitrogens with zero attached hydrogens (tertiary/aromatic N) is 3. The van der Waals surface area contributed by atoms with Gasteiger partial charge >= 0.3 is 22.8 Å². The molecule has 11 nitrogen and oxygen atoms in total. The van der Waals surface area contributed by atoms with E-state index in [1.165, 1.54) is 10.8 Å². The third kappa shape index (κ3) is 6.21. The molecule has 4 rings (SSSR count). The number of rotatable bonds is 9. The van der Waals surface area contributed by atoms with Crippen molar-refractivity contribution in [3.63, 3.8) is 0 Å². The molecule has 0 N–H and O–H groups in total. The van der Waals surface area contributed by atoms with Crippen LogP contribution in [0.2, 0.25) is 22.2 Å². The van der Waals surface area contributed by atoms with Crippen molar-refractivity contribution in [2.45, 2.75) is 109 Å². The average Bonchev–Trinajstić information content (AvgIpc) is 3.28. The first-order valence-electron chi connectivity index (χ1n) is 15.4. The van der Waals surface area contributed by atoms with Gasteiger partial charge in [-0.1, -0.05) is 73.6 Å². The van der Waals surface area contributed by atoms with Crippen molar-refractivity contribution in [1.29, 1.82) is 5.26 Å². The number of carbonyl (C=O) groups is 1. The predicted molar refractivity (Wildman–Crippen MR) is 169 cm³/mol. The molecule has 0 unspecified atom stereocenters. The third-order valence-corrected chi connectivity index (χ3v) is 18.9. The maximum atomic E-state index is 13.9. The average molecular weight is 644 g/mol. The Balaban J connectivity index is 1.85. The van der Waals surface area contributed by atoms with Crippen LogP contribution >= 0.6 is 0 Å². The molecule has 0 spiro atoms. The molecule has 0 saturated carbocycles. The number of benzene rings is 1. The zero-order chi connectivity index (χ0) is 32.4. The van der Waals surface area contributed by atoms with E-state index in [1.807, 2.05) is 0 Å². The molecule has 0 bridgehead atoms. The molecule has 240 valence electrons. The highest BCUT2D eigenvalue weighted by molar-refractivity contribution is 6.84. The van der Waals surface area contributed by atoms with Crippen molar-refractivity contribution in [2.75, 3.05) is 13.2 Å². The molecule has 0 aliphatic carbocycles. The van der Waals surface area contributed by atoms with E-state index in [-0.39, 0.29) is 47.4 Å². The summed E-state index contributed by atoms with van der Waals surface area (Å²) in [5.74, 6) is -0.746. The summed E-state index contributed by atoms with van der Waals surface area (Å²) in [4.78, 5) is 40.0. The summed E-state index contributed by atoms with van der Waals surface area (Å²) in [5.41, 5.74) is -1.08. The van der Waals surface area contributed by atoms with E-state index in [4.69, 9.17) is 22.4 Å². The van der Waals surface area contributed by atoms with Gasteiger partial charge in [-0.15, -0.1) is 0 Å². The minimum Gasteiger partial charge on any atom is -0.414 e. The van der Waals surface area contributed by atoms with Gasteiger partial charge in [-0.25, -0.2) is 4.79 Å². The summed E-state index contributed by atoms with van der Waals surface area (Å²) in [6.07, 6.45) is -1.82. The van der Waals surface area contributed by atoms with E-state index in [2.05, 4.69) is 61.5 Å². The summed E-state index contributed by atoms with van der Waals surface area (Å²) >= 11 is 0. The fourth-order valence-corrected chi connectivity index (χ4v) is 17.6. The predicted octanol–water partition coefficient (Wildman–Crippen LogP) is 4.85. The molecule has 13 heteroatoms. The molecule has 1 aromatic carbocycles. The van der Waals surface area contributed by atoms with Gasteiger partial charge in [-0.05, 0) is 34.3 Å². The standard InChI is InChI=1S/C31H45N3O8Si2/c1-20(2)43(21(3)4)39-19-25-27(41-44(42-43,22(5)6)23(7)8)28(38-18-12-16-32)30(40-25)33-17-15-26(35)34(31(33)37)29(36)24-13-10-9-11-14-24/h9-11,13-15,17,20-23,25,27-28,30H,12,18-19H2,1-8H3/t25-,27-,28-,30-/m1/s1. The maximum Gasteiger partial charge on any atom is 0.340 e. The van der Waals surface area contributed by atoms with Crippen LogP contribution < -0.4 is 11.2 Å². The lowest BCUT2D eigenvalue weighted by atomic mass is 10.1. The fraction of sp³-hybridized carbons (Fsp3) is 0.613. The molecule has 3 heterocycles. The van der Waals surface area contributed by atoms with Gasteiger partial charge in [-0.3, -0.25) is 14.2 Å². The lowest BCUT2D eigenvalue weighted by molar-refractivity contribution is -0.0725. The van der Waals surface area contributed by atoms with Gasteiger partial charge in [0.25, 0.3) is 11.5 Å². The summed E-state index contributed by atoms with van der Waals surface area (Å²) < 4.78 is 35.9. The molecule has 2 aliphatic heterocycles. The number of aromatic nitrogens is 2. The van der Waals surface area contributed by atoms with Crippen LogP contribution in [0.25, 0.3) is 0 Å². The Morgan fingerprint density at radius 2 is 1.59 bits per heavy atom. The summed E-state index contributed by atoms with van der Waals surface area (Å²) in [6, 6.07) is 11.4. The van der Waals surface area contributed by atoms with Gasteiger partial charge in [0, 0.05) is 17.8 Å². The topological polar surface area (TPSA) is 131 Å². The molecule has 1 aromatic heterocycles. The van der Waals surface area contributed by atoms with Crippen molar-refractivity contribution in [3.8, 4) is 6.07 Å². The molecule has 44 heavy (non-hydrogen) atoms. The van der Waals surface area contributed by atoms with Gasteiger partial charge in [-0.2, -0.15) is 9.83 Å². The van der Waals surface area contributed by atoms with Gasteiger partial charge in [0.1, 0.15) is 18.3 Å². The van der Waals surface area contributed by atoms with Crippen molar-refractivity contribution < 1.29 is 27.2 Å². The second kappa shape index (κ2) is 13.7. The van der Waals surface area contributed by atoms with Gasteiger partial charge in [0.2, 0.25) is 0 Å². The Labute approximate surface area is 261 Å². The zero-order valence-corrected chi connectivity index (χ0v) is 28.9. The van der Waals surface area contributed by atoms with Crippen LogP contribution in [0.1, 0.15) is 78.4 Å². The molecular formula is C31H45N3O8Si2. The second-order valence-corrected chi connectivity index (χ2v) is 21.6. The SMILES string of the molecule is CC(C)[Si]1(C(C)C)OC[C@H]2O[C@@H](n3ccc(=O)n(C(=O)c4ccccc4)c3=O)[C@H](OCCC#N)[C@@H]2O[Si](C(C)C)(C(C)C)O1. The number of nitriles is 1. The molecule has 4 atom stereocenters. The molecular weight excluding hydrogens is 599 g/mol. The second-order valence-electron chi connectivity index (χ2n) is 12.7. The summed E-state index contributed by atoms with van der Waals surface area (Å²) in [6.45, 7) is 17.2. The first-order chi connectivity index (χ1) is 20.8. The van der Waals surface area contributed by atoms with Crippen LogP contribution in [-0.2, 0) is 22.4 Å². The molecule has 0 radical (unpaired) electrons. The van der Waals surface area contributed by atoms with E-state index in [0.717, 1.165) is 6.07 Å². The summed E-state index contributed by atoms with van der Waals surface area (Å²) in [5, 5.41) is 9.26. The highest BCUT2D eigenvalue weighted by Crippen LogP contribution is 2.48. The zero-order valence-electron chi connectivity index (χ0n) is 26.9. The van der Waals surface area contributed by atoms with E-state index in [9.17, 15) is 19.6 Å². The molecule has 2 saturated heterocycles. The Bertz CT molecular complexity index is 1450. The Kier molecular flexibility index (Phi) is 10.7. The first-order valence-corrected chi connectivity index (χ1v) is 19.3. The van der Waals surface area contributed by atoms with Crippen LogP contribution in [0.15, 0.2) is 52.2 Å². The van der Waals surface area contributed by atoms with Crippen LogP contribution in [0.4, 0.5) is 0 Å². The van der Waals surface area contributed by atoms with Gasteiger partial charge in [0.05, 0.1) is 25.7 Å². The summed E-state index contributed by atoms with van der Waals surface area (Å²) in [7, 11) is -5.93. The lowest BCUT2D eigenvalue weighted by Crippen LogP contribution is -2.66. The van der Waals surface area contributed by atoms with E-state index in [0.29, 0.717) is 4.57 Å². The molecule has 2 fully saturated rings. The molecule has 2 aromatic rings. The van der Waals surface area contributed by atoms with Crippen LogP contribution in [0.5, 0.6) is 0 Å². The van der Waals surface area contributed by atoms with Crippen molar-refractivity contribution in [3.05, 3.63) is 69.0 Å². The number of ether oxygens (including phenoxy) is 2. The van der Waals surface area contributed by atoms with Crippen molar-refractivity contribution in [2.24, 2.45) is 0 Å².